The van der Waals surface area contributed by atoms with E-state index in [4.69, 9.17) is 15.2 Å². The highest BCUT2D eigenvalue weighted by Crippen LogP contribution is 2.36. The summed E-state index contributed by atoms with van der Waals surface area (Å²) in [6.45, 7) is 3.59. The van der Waals surface area contributed by atoms with Gasteiger partial charge in [-0.15, -0.1) is 0 Å². The highest BCUT2D eigenvalue weighted by atomic mass is 127. The van der Waals surface area contributed by atoms with E-state index in [1.54, 1.807) is 18.2 Å². The Kier molecular flexibility index (Phi) is 5.46. The molecular weight excluding hydrogens is 419 g/mol. The predicted octanol–water partition coefficient (Wildman–Crippen LogP) is 2.54. The number of halogens is 1. The molecule has 0 aromatic heterocycles. The van der Waals surface area contributed by atoms with Crippen molar-refractivity contribution < 1.29 is 19.1 Å². The molecule has 0 atom stereocenters. The molecule has 0 aliphatic carbocycles. The van der Waals surface area contributed by atoms with Crippen molar-refractivity contribution in [3.8, 4) is 11.5 Å². The van der Waals surface area contributed by atoms with Gasteiger partial charge in [0.25, 0.3) is 5.91 Å². The molecule has 0 fully saturated rings. The first-order chi connectivity index (χ1) is 10.4. The molecule has 1 amide bonds. The number of rotatable bonds is 4. The zero-order valence-corrected chi connectivity index (χ0v) is 14.9. The van der Waals surface area contributed by atoms with Crippen molar-refractivity contribution in [1.82, 2.24) is 0 Å². The SMILES string of the molecule is CCOc1cc(/C=C2\SC(N)=NC2=O)cc(I)c1OC(C)=O. The maximum absolute atomic E-state index is 11.6. The number of ether oxygens (including phenoxy) is 2. The van der Waals surface area contributed by atoms with Crippen molar-refractivity contribution in [2.24, 2.45) is 10.7 Å². The monoisotopic (exact) mass is 432 g/mol. The van der Waals surface area contributed by atoms with Gasteiger partial charge < -0.3 is 15.2 Å². The van der Waals surface area contributed by atoms with Gasteiger partial charge in [0.1, 0.15) is 0 Å². The molecule has 1 aliphatic rings. The summed E-state index contributed by atoms with van der Waals surface area (Å²) in [6.07, 6.45) is 1.68. The van der Waals surface area contributed by atoms with Gasteiger partial charge in [0, 0.05) is 6.92 Å². The van der Waals surface area contributed by atoms with Gasteiger partial charge in [-0.05, 0) is 65.0 Å². The largest absolute Gasteiger partial charge is 0.490 e. The van der Waals surface area contributed by atoms with Crippen LogP contribution in [0.3, 0.4) is 0 Å². The summed E-state index contributed by atoms with van der Waals surface area (Å²) in [5.74, 6) is 0.0336. The molecule has 1 heterocycles. The normalized spacial score (nSPS) is 15.9. The lowest BCUT2D eigenvalue weighted by Gasteiger charge is -2.12. The fraction of sp³-hybridized carbons (Fsp3) is 0.214. The molecule has 2 N–H and O–H groups in total. The van der Waals surface area contributed by atoms with E-state index < -0.39 is 5.97 Å². The summed E-state index contributed by atoms with van der Waals surface area (Å²) < 4.78 is 11.4. The third-order valence-electron chi connectivity index (χ3n) is 2.51. The lowest BCUT2D eigenvalue weighted by Crippen LogP contribution is -2.06. The van der Waals surface area contributed by atoms with E-state index in [0.717, 1.165) is 17.3 Å². The molecule has 0 saturated carbocycles. The van der Waals surface area contributed by atoms with Crippen LogP contribution in [0.1, 0.15) is 19.4 Å². The summed E-state index contributed by atoms with van der Waals surface area (Å²) in [5.41, 5.74) is 6.26. The van der Waals surface area contributed by atoms with E-state index in [-0.39, 0.29) is 11.1 Å². The minimum absolute atomic E-state index is 0.229. The fourth-order valence-electron chi connectivity index (χ4n) is 1.75. The summed E-state index contributed by atoms with van der Waals surface area (Å²) in [4.78, 5) is 26.9. The number of carbonyl (C=O) groups is 2. The van der Waals surface area contributed by atoms with E-state index in [1.165, 1.54) is 6.92 Å². The fourth-order valence-corrected chi connectivity index (χ4v) is 3.17. The number of amidine groups is 1. The summed E-state index contributed by atoms with van der Waals surface area (Å²) >= 11 is 3.17. The molecule has 1 aromatic carbocycles. The van der Waals surface area contributed by atoms with Gasteiger partial charge in [0.05, 0.1) is 15.1 Å². The first-order valence-electron chi connectivity index (χ1n) is 6.33. The van der Waals surface area contributed by atoms with Crippen LogP contribution < -0.4 is 15.2 Å². The van der Waals surface area contributed by atoms with Crippen molar-refractivity contribution in [2.45, 2.75) is 13.8 Å². The number of hydrogen-bond donors (Lipinski definition) is 1. The van der Waals surface area contributed by atoms with Crippen LogP contribution in [0.25, 0.3) is 6.08 Å². The van der Waals surface area contributed by atoms with E-state index in [0.29, 0.717) is 26.6 Å². The Bertz CT molecular complexity index is 700. The first kappa shape index (κ1) is 16.8. The van der Waals surface area contributed by atoms with Crippen LogP contribution in [0, 0.1) is 3.57 Å². The molecule has 22 heavy (non-hydrogen) atoms. The zero-order chi connectivity index (χ0) is 16.3. The second-order valence-corrected chi connectivity index (χ2v) is 6.45. The van der Waals surface area contributed by atoms with E-state index in [1.807, 2.05) is 29.5 Å². The number of aliphatic imine (C=N–C) groups is 1. The first-order valence-corrected chi connectivity index (χ1v) is 8.23. The van der Waals surface area contributed by atoms with Crippen molar-refractivity contribution >= 4 is 57.5 Å². The zero-order valence-electron chi connectivity index (χ0n) is 11.9. The molecule has 1 aromatic rings. The molecule has 8 heteroatoms. The Labute approximate surface area is 145 Å². The number of benzene rings is 1. The second-order valence-electron chi connectivity index (χ2n) is 4.22. The third-order valence-corrected chi connectivity index (χ3v) is 4.13. The van der Waals surface area contributed by atoms with Crippen LogP contribution in [-0.2, 0) is 9.59 Å². The second kappa shape index (κ2) is 7.14. The van der Waals surface area contributed by atoms with Gasteiger partial charge in [0.15, 0.2) is 16.7 Å². The maximum Gasteiger partial charge on any atom is 0.308 e. The number of thioether (sulfide) groups is 1. The van der Waals surface area contributed by atoms with Gasteiger partial charge in [-0.25, -0.2) is 0 Å². The van der Waals surface area contributed by atoms with Crippen LogP contribution in [0.15, 0.2) is 22.0 Å². The Morgan fingerprint density at radius 2 is 2.23 bits per heavy atom. The smallest absolute Gasteiger partial charge is 0.308 e. The standard InChI is InChI=1S/C14H13IN2O4S/c1-3-20-10-5-8(4-9(15)12(10)21-7(2)18)6-11-13(19)17-14(16)22-11/h4-6H,3H2,1-2H3,(H2,16,17,19)/b11-6-. The van der Waals surface area contributed by atoms with Gasteiger partial charge in [-0.3, -0.25) is 9.59 Å². The predicted molar refractivity (Wildman–Crippen MR) is 93.8 cm³/mol. The number of carbonyl (C=O) groups excluding carboxylic acids is 2. The van der Waals surface area contributed by atoms with Crippen molar-refractivity contribution in [2.75, 3.05) is 6.61 Å². The molecule has 116 valence electrons. The lowest BCUT2D eigenvalue weighted by atomic mass is 10.2. The number of esters is 1. The molecule has 0 unspecified atom stereocenters. The number of nitrogens with zero attached hydrogens (tertiary/aromatic N) is 1. The average Bonchev–Trinajstić information content (AvgIpc) is 2.72. The summed E-state index contributed by atoms with van der Waals surface area (Å²) in [7, 11) is 0. The molecule has 0 saturated heterocycles. The van der Waals surface area contributed by atoms with Crippen molar-refractivity contribution in [3.05, 3.63) is 26.2 Å². The minimum atomic E-state index is -0.423. The van der Waals surface area contributed by atoms with Crippen LogP contribution in [-0.4, -0.2) is 23.7 Å². The number of amides is 1. The quantitative estimate of drug-likeness (QED) is 0.341. The highest BCUT2D eigenvalue weighted by molar-refractivity contribution is 14.1. The van der Waals surface area contributed by atoms with Gasteiger partial charge in [-0.2, -0.15) is 4.99 Å². The van der Waals surface area contributed by atoms with Crippen molar-refractivity contribution in [1.29, 1.82) is 0 Å². The molecular formula is C14H13IN2O4S. The highest BCUT2D eigenvalue weighted by Gasteiger charge is 2.20. The van der Waals surface area contributed by atoms with E-state index in [9.17, 15) is 9.59 Å². The topological polar surface area (TPSA) is 91.0 Å². The Hall–Kier alpha value is -1.55. The summed E-state index contributed by atoms with van der Waals surface area (Å²) in [6, 6.07) is 3.50. The van der Waals surface area contributed by atoms with Crippen LogP contribution in [0.5, 0.6) is 11.5 Å². The van der Waals surface area contributed by atoms with Crippen LogP contribution in [0.4, 0.5) is 0 Å². The van der Waals surface area contributed by atoms with Gasteiger partial charge >= 0.3 is 5.97 Å². The number of nitrogens with two attached hydrogens (primary N) is 1. The average molecular weight is 432 g/mol. The summed E-state index contributed by atoms with van der Waals surface area (Å²) in [5, 5.41) is 0.229. The minimum Gasteiger partial charge on any atom is -0.490 e. The molecule has 2 rings (SSSR count). The molecule has 0 bridgehead atoms. The Morgan fingerprint density at radius 3 is 2.77 bits per heavy atom. The molecule has 0 spiro atoms. The molecule has 1 aliphatic heterocycles. The number of hydrogen-bond acceptors (Lipinski definition) is 6. The van der Waals surface area contributed by atoms with Gasteiger partial charge in [-0.1, -0.05) is 0 Å². The molecule has 0 radical (unpaired) electrons. The van der Waals surface area contributed by atoms with Crippen molar-refractivity contribution in [3.63, 3.8) is 0 Å². The third kappa shape index (κ3) is 4.01. The van der Waals surface area contributed by atoms with E-state index >= 15 is 0 Å². The van der Waals surface area contributed by atoms with Gasteiger partial charge in [0.2, 0.25) is 0 Å². The maximum atomic E-state index is 11.6. The van der Waals surface area contributed by atoms with Crippen LogP contribution >= 0.6 is 34.4 Å². The van der Waals surface area contributed by atoms with Crippen LogP contribution in [0.2, 0.25) is 0 Å². The Morgan fingerprint density at radius 1 is 1.50 bits per heavy atom. The van der Waals surface area contributed by atoms with E-state index in [2.05, 4.69) is 4.99 Å². The Balaban J connectivity index is 2.40. The lowest BCUT2D eigenvalue weighted by molar-refractivity contribution is -0.132. The molecule has 6 nitrogen and oxygen atoms in total.